The van der Waals surface area contributed by atoms with E-state index in [0.717, 1.165) is 10.9 Å². The monoisotopic (exact) mass is 402 g/mol. The molecular weight excluding hydrogens is 380 g/mol. The van der Waals surface area contributed by atoms with Crippen molar-refractivity contribution in [3.8, 4) is 5.75 Å². The van der Waals surface area contributed by atoms with Crippen LogP contribution in [0.1, 0.15) is 68.0 Å². The van der Waals surface area contributed by atoms with Crippen molar-refractivity contribution < 1.29 is 19.5 Å². The Balaban J connectivity index is 1.79. The molecule has 0 fully saturated rings. The normalized spacial score (nSPS) is 15.7. The van der Waals surface area contributed by atoms with Crippen molar-refractivity contribution in [2.24, 2.45) is 0 Å². The molecule has 0 saturated carbocycles. The Morgan fingerprint density at radius 1 is 1.00 bits per heavy atom. The van der Waals surface area contributed by atoms with Gasteiger partial charge in [-0.2, -0.15) is 0 Å². The van der Waals surface area contributed by atoms with Gasteiger partial charge in [0.05, 0.1) is 5.52 Å². The van der Waals surface area contributed by atoms with Crippen molar-refractivity contribution in [3.05, 3.63) is 70.4 Å². The number of rotatable bonds is 3. The number of aromatic hydroxyl groups is 1. The molecule has 6 nitrogen and oxygen atoms in total. The molecule has 1 heterocycles. The van der Waals surface area contributed by atoms with Crippen LogP contribution in [0.15, 0.2) is 42.5 Å². The van der Waals surface area contributed by atoms with Crippen LogP contribution >= 0.6 is 0 Å². The summed E-state index contributed by atoms with van der Waals surface area (Å²) < 4.78 is 0. The van der Waals surface area contributed by atoms with Crippen molar-refractivity contribution in [1.29, 1.82) is 0 Å². The standard InChI is InChI=1S/C24H22N2O4/c1-12(2)13-6-8-18-15(9-13)11-19(27)21(25-18)20-22(28)16-7-5-14(24(30)26(3)4)10-17(16)23(20)29/h5-12,20,27H,1-4H3. The number of carbonyl (C=O) groups excluding carboxylic acids is 3. The third kappa shape index (κ3) is 3.05. The summed E-state index contributed by atoms with van der Waals surface area (Å²) >= 11 is 0. The molecule has 1 amide bonds. The molecule has 0 radical (unpaired) electrons. The lowest BCUT2D eigenvalue weighted by molar-refractivity contribution is 0.0826. The first-order chi connectivity index (χ1) is 14.2. The SMILES string of the molecule is CC(C)c1ccc2nc(C3C(=O)c4ccc(C(=O)N(C)C)cc4C3=O)c(O)cc2c1. The molecule has 0 spiro atoms. The lowest BCUT2D eigenvalue weighted by Crippen LogP contribution is -2.21. The van der Waals surface area contributed by atoms with Crippen LogP contribution in [-0.4, -0.2) is 46.6 Å². The van der Waals surface area contributed by atoms with E-state index in [4.69, 9.17) is 0 Å². The van der Waals surface area contributed by atoms with Crippen LogP contribution in [0.2, 0.25) is 0 Å². The third-order valence-electron chi connectivity index (χ3n) is 5.52. The number of benzene rings is 2. The Morgan fingerprint density at radius 2 is 1.70 bits per heavy atom. The van der Waals surface area contributed by atoms with E-state index in [9.17, 15) is 19.5 Å². The number of Topliss-reactive ketones (excluding diaryl/α,β-unsaturated/α-hetero) is 2. The number of ketones is 2. The summed E-state index contributed by atoms with van der Waals surface area (Å²) in [7, 11) is 3.24. The summed E-state index contributed by atoms with van der Waals surface area (Å²) in [5.74, 6) is -2.20. The van der Waals surface area contributed by atoms with E-state index in [2.05, 4.69) is 18.8 Å². The summed E-state index contributed by atoms with van der Waals surface area (Å²) in [6.45, 7) is 4.15. The predicted octanol–water partition coefficient (Wildman–Crippen LogP) is 3.93. The molecule has 0 bridgehead atoms. The highest BCUT2D eigenvalue weighted by atomic mass is 16.3. The smallest absolute Gasteiger partial charge is 0.253 e. The molecule has 4 rings (SSSR count). The lowest BCUT2D eigenvalue weighted by Gasteiger charge is -2.12. The molecule has 1 aliphatic carbocycles. The van der Waals surface area contributed by atoms with Crippen LogP contribution in [0.25, 0.3) is 10.9 Å². The summed E-state index contributed by atoms with van der Waals surface area (Å²) in [6, 6.07) is 11.8. The topological polar surface area (TPSA) is 87.6 Å². The fourth-order valence-electron chi connectivity index (χ4n) is 3.80. The molecule has 6 heteroatoms. The molecule has 1 atom stereocenters. The highest BCUT2D eigenvalue weighted by molar-refractivity contribution is 6.30. The summed E-state index contributed by atoms with van der Waals surface area (Å²) in [5.41, 5.74) is 2.53. The highest BCUT2D eigenvalue weighted by Crippen LogP contribution is 2.38. The molecule has 30 heavy (non-hydrogen) atoms. The molecule has 2 aromatic carbocycles. The average molecular weight is 402 g/mol. The van der Waals surface area contributed by atoms with Crippen LogP contribution in [-0.2, 0) is 0 Å². The number of fused-ring (bicyclic) bond motifs is 2. The van der Waals surface area contributed by atoms with E-state index in [1.165, 1.54) is 23.1 Å². The van der Waals surface area contributed by atoms with E-state index in [1.54, 1.807) is 20.2 Å². The maximum Gasteiger partial charge on any atom is 0.253 e. The van der Waals surface area contributed by atoms with Gasteiger partial charge < -0.3 is 10.0 Å². The zero-order valence-electron chi connectivity index (χ0n) is 17.3. The van der Waals surface area contributed by atoms with E-state index in [1.807, 2.05) is 18.2 Å². The van der Waals surface area contributed by atoms with E-state index >= 15 is 0 Å². The number of hydrogen-bond acceptors (Lipinski definition) is 5. The fourth-order valence-corrected chi connectivity index (χ4v) is 3.80. The van der Waals surface area contributed by atoms with Crippen molar-refractivity contribution in [2.45, 2.75) is 25.7 Å². The summed E-state index contributed by atoms with van der Waals surface area (Å²) in [6.07, 6.45) is 0. The van der Waals surface area contributed by atoms with Gasteiger partial charge in [0.1, 0.15) is 17.4 Å². The van der Waals surface area contributed by atoms with Gasteiger partial charge in [0, 0.05) is 36.2 Å². The number of carbonyl (C=O) groups is 3. The molecule has 1 N–H and O–H groups in total. The van der Waals surface area contributed by atoms with Gasteiger partial charge in [0.25, 0.3) is 5.91 Å². The van der Waals surface area contributed by atoms with E-state index < -0.39 is 17.5 Å². The molecule has 3 aromatic rings. The second-order valence-electron chi connectivity index (χ2n) is 8.12. The Morgan fingerprint density at radius 3 is 2.37 bits per heavy atom. The van der Waals surface area contributed by atoms with Crippen molar-refractivity contribution in [3.63, 3.8) is 0 Å². The molecule has 0 saturated heterocycles. The second kappa shape index (κ2) is 7.06. The number of hydrogen-bond donors (Lipinski definition) is 1. The largest absolute Gasteiger partial charge is 0.506 e. The van der Waals surface area contributed by atoms with Crippen LogP contribution in [0.4, 0.5) is 0 Å². The summed E-state index contributed by atoms with van der Waals surface area (Å²) in [4.78, 5) is 44.2. The Bertz CT molecular complexity index is 1230. The van der Waals surface area contributed by atoms with E-state index in [0.29, 0.717) is 17.0 Å². The van der Waals surface area contributed by atoms with Crippen molar-refractivity contribution in [1.82, 2.24) is 9.88 Å². The van der Waals surface area contributed by atoms with Gasteiger partial charge in [-0.05, 0) is 47.9 Å². The first-order valence-electron chi connectivity index (χ1n) is 9.76. The Labute approximate surface area is 174 Å². The first-order valence-corrected chi connectivity index (χ1v) is 9.76. The number of aromatic nitrogens is 1. The Hall–Kier alpha value is -3.54. The zero-order chi connectivity index (χ0) is 21.7. The van der Waals surface area contributed by atoms with Gasteiger partial charge >= 0.3 is 0 Å². The molecule has 152 valence electrons. The number of pyridine rings is 1. The van der Waals surface area contributed by atoms with Gasteiger partial charge in [-0.25, -0.2) is 4.98 Å². The van der Waals surface area contributed by atoms with Gasteiger partial charge in [0.2, 0.25) is 0 Å². The summed E-state index contributed by atoms with van der Waals surface area (Å²) in [5, 5.41) is 11.3. The minimum Gasteiger partial charge on any atom is -0.506 e. The van der Waals surface area contributed by atoms with Crippen molar-refractivity contribution >= 4 is 28.4 Å². The van der Waals surface area contributed by atoms with Gasteiger partial charge in [-0.15, -0.1) is 0 Å². The minimum absolute atomic E-state index is 0.0477. The lowest BCUT2D eigenvalue weighted by atomic mass is 9.96. The zero-order valence-corrected chi connectivity index (χ0v) is 17.3. The molecule has 0 aliphatic heterocycles. The number of nitrogens with zero attached hydrogens (tertiary/aromatic N) is 2. The van der Waals surface area contributed by atoms with Crippen LogP contribution in [0.3, 0.4) is 0 Å². The fraction of sp³-hybridized carbons (Fsp3) is 0.250. The van der Waals surface area contributed by atoms with E-state index in [-0.39, 0.29) is 28.5 Å². The van der Waals surface area contributed by atoms with Crippen LogP contribution in [0, 0.1) is 0 Å². The molecule has 1 aromatic heterocycles. The minimum atomic E-state index is -1.21. The maximum atomic E-state index is 13.1. The van der Waals surface area contributed by atoms with Crippen molar-refractivity contribution in [2.75, 3.05) is 14.1 Å². The number of amides is 1. The maximum absolute atomic E-state index is 13.1. The molecular formula is C24H22N2O4. The average Bonchev–Trinajstić information content (AvgIpc) is 2.96. The quantitative estimate of drug-likeness (QED) is 0.671. The third-order valence-corrected chi connectivity index (χ3v) is 5.52. The molecule has 1 unspecified atom stereocenters. The first kappa shape index (κ1) is 19.8. The Kier molecular flexibility index (Phi) is 4.65. The second-order valence-corrected chi connectivity index (χ2v) is 8.12. The van der Waals surface area contributed by atoms with Crippen LogP contribution in [0.5, 0.6) is 5.75 Å². The highest BCUT2D eigenvalue weighted by Gasteiger charge is 2.42. The molecule has 1 aliphatic rings. The predicted molar refractivity (Wildman–Crippen MR) is 113 cm³/mol. The van der Waals surface area contributed by atoms with Gasteiger partial charge in [-0.3, -0.25) is 14.4 Å². The van der Waals surface area contributed by atoms with Gasteiger partial charge in [-0.1, -0.05) is 19.9 Å². The van der Waals surface area contributed by atoms with Crippen LogP contribution < -0.4 is 0 Å². The van der Waals surface area contributed by atoms with Gasteiger partial charge in [0.15, 0.2) is 11.6 Å².